The molecule has 1 aromatic carbocycles. The third-order valence-electron chi connectivity index (χ3n) is 4.80. The second kappa shape index (κ2) is 8.55. The maximum atomic E-state index is 12.3. The van der Waals surface area contributed by atoms with Crippen molar-refractivity contribution in [2.45, 2.75) is 38.7 Å². The molecule has 2 heterocycles. The highest BCUT2D eigenvalue weighted by molar-refractivity contribution is 7.46. The number of rotatable bonds is 7. The normalized spacial score (nSPS) is 15.3. The van der Waals surface area contributed by atoms with Gasteiger partial charge in [-0.25, -0.2) is 14.3 Å². The first-order chi connectivity index (χ1) is 14.4. The molecule has 3 atom stereocenters. The van der Waals surface area contributed by atoms with E-state index < -0.39 is 50.5 Å². The van der Waals surface area contributed by atoms with Crippen LogP contribution in [-0.2, 0) is 15.6 Å². The molecule has 0 bridgehead atoms. The van der Waals surface area contributed by atoms with Crippen LogP contribution in [0.1, 0.15) is 11.1 Å². The van der Waals surface area contributed by atoms with Crippen LogP contribution in [-0.4, -0.2) is 69.5 Å². The molecule has 2 aliphatic rings. The molecule has 31 heavy (non-hydrogen) atoms. The summed E-state index contributed by atoms with van der Waals surface area (Å²) in [7, 11) is -5.15. The van der Waals surface area contributed by atoms with E-state index in [4.69, 9.17) is 9.79 Å². The lowest BCUT2D eigenvalue weighted by atomic mass is 10.1. The van der Waals surface area contributed by atoms with Gasteiger partial charge in [0.25, 0.3) is 5.56 Å². The second-order valence-corrected chi connectivity index (χ2v) is 8.26. The van der Waals surface area contributed by atoms with Gasteiger partial charge in [-0.2, -0.15) is 4.98 Å². The molecule has 2 aliphatic heterocycles. The van der Waals surface area contributed by atoms with Gasteiger partial charge < -0.3 is 29.7 Å². The molecule has 0 saturated carbocycles. The van der Waals surface area contributed by atoms with Crippen molar-refractivity contribution in [1.29, 1.82) is 0 Å². The second-order valence-electron chi connectivity index (χ2n) is 7.07. The number of aryl methyl sites for hydroxylation is 2. The first kappa shape index (κ1) is 23.2. The van der Waals surface area contributed by atoms with Crippen LogP contribution in [0.2, 0.25) is 0 Å². The van der Waals surface area contributed by atoms with E-state index in [-0.39, 0.29) is 11.5 Å². The third kappa shape index (κ3) is 4.88. The molecule has 1 unspecified atom stereocenters. The average molecular weight is 456 g/mol. The van der Waals surface area contributed by atoms with Gasteiger partial charge in [-0.3, -0.25) is 14.3 Å². The molecule has 14 heteroatoms. The first-order valence-corrected chi connectivity index (χ1v) is 10.6. The summed E-state index contributed by atoms with van der Waals surface area (Å²) in [5.74, 6) is -0.183. The molecule has 3 rings (SSSR count). The summed E-state index contributed by atoms with van der Waals surface area (Å²) in [6.45, 7) is 2.17. The van der Waals surface area contributed by atoms with Gasteiger partial charge >= 0.3 is 13.5 Å². The molecule has 0 radical (unpaired) electrons. The van der Waals surface area contributed by atoms with Crippen molar-refractivity contribution in [1.82, 2.24) is 19.5 Å². The van der Waals surface area contributed by atoms with Crippen molar-refractivity contribution in [3.8, 4) is 11.5 Å². The number of aromatic nitrogens is 4. The van der Waals surface area contributed by atoms with Crippen LogP contribution in [0.15, 0.2) is 21.7 Å². The predicted octanol–water partition coefficient (Wildman–Crippen LogP) is -1.61. The number of fused-ring (bicyclic) bond motifs is 2. The molecule has 1 aromatic rings. The molecule has 0 aromatic heterocycles. The number of aromatic amines is 1. The zero-order valence-corrected chi connectivity index (χ0v) is 17.4. The number of phosphoric acid groups is 1. The summed E-state index contributed by atoms with van der Waals surface area (Å²) in [6.07, 6.45) is -5.51. The molecule has 0 aliphatic carbocycles. The zero-order chi connectivity index (χ0) is 23.1. The van der Waals surface area contributed by atoms with Crippen LogP contribution < -0.4 is 11.2 Å². The molecular formula is C17H21N4O9P. The zero-order valence-electron chi connectivity index (χ0n) is 16.5. The topological polar surface area (TPSA) is 208 Å². The number of H-pyrrole nitrogens is 1. The smallest absolute Gasteiger partial charge is 0.394 e. The van der Waals surface area contributed by atoms with Gasteiger partial charge in [-0.05, 0) is 37.1 Å². The highest BCUT2D eigenvalue weighted by atomic mass is 31.2. The Hall–Kier alpha value is -2.51. The summed E-state index contributed by atoms with van der Waals surface area (Å²) < 4.78 is 17.0. The Bertz CT molecular complexity index is 1250. The number of nitrogens with one attached hydrogen (secondary N) is 1. The minimum atomic E-state index is -5.15. The van der Waals surface area contributed by atoms with E-state index in [2.05, 4.69) is 14.5 Å². The van der Waals surface area contributed by atoms with Crippen molar-refractivity contribution in [2.24, 2.45) is 0 Å². The summed E-state index contributed by atoms with van der Waals surface area (Å²) in [6, 6.07) is 3.36. The number of aliphatic hydroxyl groups excluding tert-OH is 3. The van der Waals surface area contributed by atoms with E-state index in [1.165, 1.54) is 4.57 Å². The molecule has 0 amide bonds. The SMILES string of the molecule is Cc1cc2nc3c(=O)[nH]c(=O)nc-3n(CC(O)[C@H](OP(=O)(O)O)[C@H](O)CO)c2cc1C. The van der Waals surface area contributed by atoms with Crippen molar-refractivity contribution in [3.63, 3.8) is 0 Å². The van der Waals surface area contributed by atoms with Gasteiger partial charge in [0.05, 0.1) is 24.2 Å². The maximum absolute atomic E-state index is 12.3. The number of phosphoric ester groups is 1. The van der Waals surface area contributed by atoms with Crippen molar-refractivity contribution >= 4 is 18.9 Å². The van der Waals surface area contributed by atoms with E-state index in [1.807, 2.05) is 11.9 Å². The number of hydrogen-bond donors (Lipinski definition) is 6. The molecule has 168 valence electrons. The summed E-state index contributed by atoms with van der Waals surface area (Å²) in [4.78, 5) is 52.3. The molecule has 0 saturated heterocycles. The Balaban J connectivity index is 2.23. The molecule has 13 nitrogen and oxygen atoms in total. The van der Waals surface area contributed by atoms with E-state index in [9.17, 15) is 29.5 Å². The standard InChI is InChI=1S/C17H21N4O9P/c1-7-3-9-10(4-8(7)2)21(15-13(18-9)16(25)20-17(26)19-15)5-11(23)14(12(24)6-22)30-31(27,28)29/h3-4,11-12,14,22-24H,5-6H2,1-2H3,(H,20,25,26)(H2,27,28,29)/t11?,12-,14+/m1/s1. The first-order valence-electron chi connectivity index (χ1n) is 9.04. The van der Waals surface area contributed by atoms with Crippen LogP contribution in [0.5, 0.6) is 0 Å². The minimum Gasteiger partial charge on any atom is -0.394 e. The van der Waals surface area contributed by atoms with Gasteiger partial charge in [0, 0.05) is 0 Å². The fraction of sp³-hybridized carbons (Fsp3) is 0.412. The van der Waals surface area contributed by atoms with E-state index in [1.54, 1.807) is 19.1 Å². The van der Waals surface area contributed by atoms with Crippen LogP contribution in [0.4, 0.5) is 0 Å². The molecule has 6 N–H and O–H groups in total. The summed E-state index contributed by atoms with van der Waals surface area (Å²) >= 11 is 0. The minimum absolute atomic E-state index is 0.183. The Morgan fingerprint density at radius 3 is 2.39 bits per heavy atom. The predicted molar refractivity (Wildman–Crippen MR) is 107 cm³/mol. The third-order valence-corrected chi connectivity index (χ3v) is 5.32. The Morgan fingerprint density at radius 1 is 1.13 bits per heavy atom. The van der Waals surface area contributed by atoms with Gasteiger partial charge in [0.2, 0.25) is 0 Å². The Kier molecular flexibility index (Phi) is 6.39. The highest BCUT2D eigenvalue weighted by Crippen LogP contribution is 2.39. The molecule has 0 spiro atoms. The van der Waals surface area contributed by atoms with Gasteiger partial charge in [0.15, 0.2) is 11.5 Å². The maximum Gasteiger partial charge on any atom is 0.470 e. The fourth-order valence-corrected chi connectivity index (χ4v) is 3.78. The lowest BCUT2D eigenvalue weighted by Gasteiger charge is -2.28. The van der Waals surface area contributed by atoms with E-state index in [0.29, 0.717) is 11.0 Å². The van der Waals surface area contributed by atoms with E-state index in [0.717, 1.165) is 11.1 Å². The monoisotopic (exact) mass is 456 g/mol. The largest absolute Gasteiger partial charge is 0.470 e. The number of aliphatic hydroxyl groups is 3. The van der Waals surface area contributed by atoms with Crippen LogP contribution in [0, 0.1) is 13.8 Å². The van der Waals surface area contributed by atoms with Gasteiger partial charge in [-0.1, -0.05) is 0 Å². The lowest BCUT2D eigenvalue weighted by Crippen LogP contribution is -2.43. The number of nitrogens with zero attached hydrogens (tertiary/aromatic N) is 3. The summed E-state index contributed by atoms with van der Waals surface area (Å²) in [5, 5.41) is 29.7. The quantitative estimate of drug-likeness (QED) is 0.176. The molecular weight excluding hydrogens is 435 g/mol. The fourth-order valence-electron chi connectivity index (χ4n) is 3.19. The van der Waals surface area contributed by atoms with E-state index >= 15 is 0 Å². The molecule has 0 fully saturated rings. The lowest BCUT2D eigenvalue weighted by molar-refractivity contribution is -0.0766. The average Bonchev–Trinajstić information content (AvgIpc) is 2.66. The van der Waals surface area contributed by atoms with Crippen molar-refractivity contribution in [3.05, 3.63) is 44.1 Å². The van der Waals surface area contributed by atoms with Crippen molar-refractivity contribution < 1.29 is 34.2 Å². The van der Waals surface area contributed by atoms with Crippen LogP contribution in [0.3, 0.4) is 0 Å². The van der Waals surface area contributed by atoms with Gasteiger partial charge in [-0.15, -0.1) is 0 Å². The Labute approximate surface area is 174 Å². The Morgan fingerprint density at radius 2 is 1.77 bits per heavy atom. The number of benzene rings is 1. The van der Waals surface area contributed by atoms with Crippen molar-refractivity contribution in [2.75, 3.05) is 6.61 Å². The van der Waals surface area contributed by atoms with Crippen LogP contribution >= 0.6 is 7.82 Å². The summed E-state index contributed by atoms with van der Waals surface area (Å²) in [5.41, 5.74) is 0.417. The number of hydrogen-bond acceptors (Lipinski definition) is 9. The van der Waals surface area contributed by atoms with Crippen LogP contribution in [0.25, 0.3) is 22.6 Å². The highest BCUT2D eigenvalue weighted by Gasteiger charge is 2.35. The van der Waals surface area contributed by atoms with Gasteiger partial charge in [0.1, 0.15) is 18.3 Å².